The van der Waals surface area contributed by atoms with Crippen molar-refractivity contribution in [2.75, 3.05) is 13.2 Å². The van der Waals surface area contributed by atoms with Crippen LogP contribution in [0, 0.1) is 11.8 Å². The van der Waals surface area contributed by atoms with Crippen LogP contribution in [0.3, 0.4) is 0 Å². The fourth-order valence-corrected chi connectivity index (χ4v) is 4.25. The third-order valence-corrected chi connectivity index (χ3v) is 6.72. The number of benzene rings is 1. The van der Waals surface area contributed by atoms with E-state index in [4.69, 9.17) is 19.7 Å². The van der Waals surface area contributed by atoms with Crippen LogP contribution in [0.1, 0.15) is 151 Å². The van der Waals surface area contributed by atoms with E-state index in [1.807, 2.05) is 0 Å². The zero-order chi connectivity index (χ0) is 31.6. The van der Waals surface area contributed by atoms with Crippen molar-refractivity contribution in [3.8, 4) is 0 Å². The van der Waals surface area contributed by atoms with E-state index >= 15 is 0 Å². The molecule has 0 fully saturated rings. The van der Waals surface area contributed by atoms with Crippen LogP contribution in [0.15, 0.2) is 24.3 Å². The summed E-state index contributed by atoms with van der Waals surface area (Å²) in [6.45, 7) is 9.80. The van der Waals surface area contributed by atoms with Crippen molar-refractivity contribution in [2.24, 2.45) is 11.8 Å². The first-order valence-electron chi connectivity index (χ1n) is 15.9. The van der Waals surface area contributed by atoms with Gasteiger partial charge in [0.1, 0.15) is 0 Å². The third-order valence-electron chi connectivity index (χ3n) is 6.72. The summed E-state index contributed by atoms with van der Waals surface area (Å²) in [5.74, 6) is -1.09. The summed E-state index contributed by atoms with van der Waals surface area (Å²) in [5.41, 5.74) is 0.589. The van der Waals surface area contributed by atoms with Crippen molar-refractivity contribution >= 4 is 23.9 Å². The van der Waals surface area contributed by atoms with Crippen LogP contribution >= 0.6 is 0 Å². The topological polar surface area (TPSA) is 127 Å². The zero-order valence-electron chi connectivity index (χ0n) is 26.5. The van der Waals surface area contributed by atoms with E-state index in [0.29, 0.717) is 37.2 Å². The third kappa shape index (κ3) is 23.8. The summed E-state index contributed by atoms with van der Waals surface area (Å²) in [7, 11) is 0. The lowest BCUT2D eigenvalue weighted by molar-refractivity contribution is -0.139. The number of esters is 2. The Hall–Kier alpha value is -2.90. The molecule has 1 aromatic carbocycles. The molecular weight excluding hydrogens is 536 g/mol. The molecule has 1 rings (SSSR count). The Morgan fingerprint density at radius 3 is 1.21 bits per heavy atom. The van der Waals surface area contributed by atoms with Gasteiger partial charge in [-0.05, 0) is 49.7 Å². The number of carbonyl (C=O) groups is 4. The molecule has 0 aliphatic heterocycles. The summed E-state index contributed by atoms with van der Waals surface area (Å²) in [6.07, 6.45) is 14.8. The molecular formula is C34H56O8. The Kier molecular flexibility index (Phi) is 24.0. The van der Waals surface area contributed by atoms with Gasteiger partial charge in [0.05, 0.1) is 24.3 Å². The highest BCUT2D eigenvalue weighted by atomic mass is 16.5. The lowest BCUT2D eigenvalue weighted by Gasteiger charge is -2.10. The second kappa shape index (κ2) is 25.8. The van der Waals surface area contributed by atoms with Crippen molar-refractivity contribution < 1.29 is 38.9 Å². The highest BCUT2D eigenvalue weighted by Crippen LogP contribution is 2.15. The Morgan fingerprint density at radius 1 is 0.548 bits per heavy atom. The minimum atomic E-state index is -0.870. The van der Waals surface area contributed by atoms with Crippen molar-refractivity contribution in [1.82, 2.24) is 0 Å². The molecule has 2 N–H and O–H groups in total. The highest BCUT2D eigenvalue weighted by molar-refractivity contribution is 6.03. The SMILES string of the molecule is CC(C)CCCCCCCOC(=O)c1ccccc1C(=O)OCCCCCCCC(C)C.O=C(O)CCCCC(=O)O. The van der Waals surface area contributed by atoms with E-state index in [9.17, 15) is 19.2 Å². The molecule has 8 nitrogen and oxygen atoms in total. The number of hydrogen-bond donors (Lipinski definition) is 2. The maximum Gasteiger partial charge on any atom is 0.339 e. The molecule has 0 radical (unpaired) electrons. The summed E-state index contributed by atoms with van der Waals surface area (Å²) in [4.78, 5) is 44.7. The average Bonchev–Trinajstić information content (AvgIpc) is 2.93. The van der Waals surface area contributed by atoms with Gasteiger partial charge in [-0.1, -0.05) is 104 Å². The van der Waals surface area contributed by atoms with Crippen LogP contribution in [0.25, 0.3) is 0 Å². The molecule has 0 aromatic heterocycles. The van der Waals surface area contributed by atoms with Gasteiger partial charge in [0.25, 0.3) is 0 Å². The molecule has 8 heteroatoms. The standard InChI is InChI=1S/C28H46O4.C6H10O4/c1-23(2)17-11-7-5-9-15-21-31-27(29)25-19-13-14-20-26(25)28(30)32-22-16-10-6-8-12-18-24(3)4;7-5(8)3-1-2-4-6(9)10/h13-14,19-20,23-24H,5-12,15-18,21-22H2,1-4H3;1-4H2,(H,7,8)(H,9,10). The molecule has 42 heavy (non-hydrogen) atoms. The van der Waals surface area contributed by atoms with E-state index in [-0.39, 0.29) is 12.8 Å². The number of carboxylic acids is 2. The summed E-state index contributed by atoms with van der Waals surface area (Å²) < 4.78 is 10.8. The second-order valence-electron chi connectivity index (χ2n) is 11.7. The Morgan fingerprint density at radius 2 is 0.881 bits per heavy atom. The molecule has 0 spiro atoms. The molecule has 0 aliphatic rings. The van der Waals surface area contributed by atoms with Crippen molar-refractivity contribution in [3.05, 3.63) is 35.4 Å². The van der Waals surface area contributed by atoms with Crippen molar-refractivity contribution in [1.29, 1.82) is 0 Å². The molecule has 0 aliphatic carbocycles. The fourth-order valence-electron chi connectivity index (χ4n) is 4.25. The van der Waals surface area contributed by atoms with E-state index in [0.717, 1.165) is 37.5 Å². The largest absolute Gasteiger partial charge is 0.481 e. The lowest BCUT2D eigenvalue weighted by Crippen LogP contribution is -2.15. The Bertz CT molecular complexity index is 807. The van der Waals surface area contributed by atoms with Gasteiger partial charge >= 0.3 is 23.9 Å². The van der Waals surface area contributed by atoms with Gasteiger partial charge in [-0.3, -0.25) is 9.59 Å². The first-order valence-corrected chi connectivity index (χ1v) is 15.9. The molecule has 0 amide bonds. The van der Waals surface area contributed by atoms with Gasteiger partial charge < -0.3 is 19.7 Å². The summed E-state index contributed by atoms with van der Waals surface area (Å²) >= 11 is 0. The summed E-state index contributed by atoms with van der Waals surface area (Å²) in [6, 6.07) is 6.78. The van der Waals surface area contributed by atoms with Crippen molar-refractivity contribution in [3.63, 3.8) is 0 Å². The van der Waals surface area contributed by atoms with Gasteiger partial charge in [-0.25, -0.2) is 9.59 Å². The predicted octanol–water partition coefficient (Wildman–Crippen LogP) is 8.71. The van der Waals surface area contributed by atoms with Gasteiger partial charge in [-0.2, -0.15) is 0 Å². The smallest absolute Gasteiger partial charge is 0.339 e. The molecule has 0 saturated heterocycles. The Labute approximate surface area is 253 Å². The van der Waals surface area contributed by atoms with Gasteiger partial charge in [0.15, 0.2) is 0 Å². The van der Waals surface area contributed by atoms with Gasteiger partial charge in [0.2, 0.25) is 0 Å². The Balaban J connectivity index is 0.00000143. The number of unbranched alkanes of at least 4 members (excludes halogenated alkanes) is 9. The van der Waals surface area contributed by atoms with Gasteiger partial charge in [-0.15, -0.1) is 0 Å². The van der Waals surface area contributed by atoms with Crippen LogP contribution in [0.2, 0.25) is 0 Å². The molecule has 0 unspecified atom stereocenters. The zero-order valence-corrected chi connectivity index (χ0v) is 26.5. The van der Waals surface area contributed by atoms with E-state index in [2.05, 4.69) is 27.7 Å². The van der Waals surface area contributed by atoms with Crippen LogP contribution in [-0.4, -0.2) is 47.3 Å². The normalized spacial score (nSPS) is 10.7. The van der Waals surface area contributed by atoms with Crippen LogP contribution < -0.4 is 0 Å². The van der Waals surface area contributed by atoms with Crippen molar-refractivity contribution in [2.45, 2.75) is 130 Å². The first kappa shape index (κ1) is 39.1. The number of carbonyl (C=O) groups excluding carboxylic acids is 2. The minimum Gasteiger partial charge on any atom is -0.481 e. The number of hydrogen-bond acceptors (Lipinski definition) is 6. The average molecular weight is 593 g/mol. The summed E-state index contributed by atoms with van der Waals surface area (Å²) in [5, 5.41) is 16.3. The maximum absolute atomic E-state index is 12.5. The van der Waals surface area contributed by atoms with E-state index < -0.39 is 23.9 Å². The number of aliphatic carboxylic acids is 2. The maximum atomic E-state index is 12.5. The molecule has 240 valence electrons. The number of ether oxygens (including phenoxy) is 2. The van der Waals surface area contributed by atoms with Crippen LogP contribution in [0.5, 0.6) is 0 Å². The highest BCUT2D eigenvalue weighted by Gasteiger charge is 2.18. The van der Waals surface area contributed by atoms with E-state index in [1.165, 1.54) is 51.4 Å². The van der Waals surface area contributed by atoms with E-state index in [1.54, 1.807) is 24.3 Å². The molecule has 1 aromatic rings. The van der Waals surface area contributed by atoms with Crippen LogP contribution in [-0.2, 0) is 19.1 Å². The monoisotopic (exact) mass is 592 g/mol. The second-order valence-corrected chi connectivity index (χ2v) is 11.7. The number of carboxylic acid groups (broad SMARTS) is 2. The lowest BCUT2D eigenvalue weighted by atomic mass is 10.0. The minimum absolute atomic E-state index is 0.0628. The quantitative estimate of drug-likeness (QED) is 0.0954. The predicted molar refractivity (Wildman–Crippen MR) is 166 cm³/mol. The first-order chi connectivity index (χ1) is 20.0. The molecule has 0 saturated carbocycles. The number of rotatable bonds is 23. The molecule has 0 heterocycles. The molecule has 0 atom stereocenters. The van der Waals surface area contributed by atoms with Gasteiger partial charge in [0, 0.05) is 12.8 Å². The fraction of sp³-hybridized carbons (Fsp3) is 0.706. The molecule has 0 bridgehead atoms. The van der Waals surface area contributed by atoms with Crippen LogP contribution in [0.4, 0.5) is 0 Å².